The van der Waals surface area contributed by atoms with Gasteiger partial charge >= 0.3 is 5.97 Å². The minimum atomic E-state index is -0.812. The number of hydrogen-bond donors (Lipinski definition) is 1. The third-order valence-electron chi connectivity index (χ3n) is 2.77. The summed E-state index contributed by atoms with van der Waals surface area (Å²) in [5.74, 6) is 0.571. The molecule has 5 nitrogen and oxygen atoms in total. The molecule has 0 spiro atoms. The Morgan fingerprint density at radius 3 is 2.44 bits per heavy atom. The number of aliphatic carboxylic acids is 1. The number of carboxylic acids is 1. The van der Waals surface area contributed by atoms with E-state index in [1.54, 1.807) is 7.11 Å². The summed E-state index contributed by atoms with van der Waals surface area (Å²) in [6.45, 7) is 1.49. The molecule has 5 heteroatoms. The molecule has 98 valence electrons. The van der Waals surface area contributed by atoms with Gasteiger partial charge in [0.05, 0.1) is 6.61 Å². The Labute approximate surface area is 105 Å². The SMILES string of the molecule is COCc1cc2c(cc1CCC(=O)O)OCCO2. The van der Waals surface area contributed by atoms with Gasteiger partial charge in [0, 0.05) is 13.5 Å². The number of hydrogen-bond acceptors (Lipinski definition) is 4. The first kappa shape index (κ1) is 12.7. The van der Waals surface area contributed by atoms with Crippen molar-refractivity contribution in [3.63, 3.8) is 0 Å². The first-order valence-electron chi connectivity index (χ1n) is 5.83. The number of methoxy groups -OCH3 is 1. The Morgan fingerprint density at radius 2 is 1.89 bits per heavy atom. The Bertz CT molecular complexity index is 441. The van der Waals surface area contributed by atoms with E-state index in [2.05, 4.69) is 0 Å². The van der Waals surface area contributed by atoms with E-state index in [1.807, 2.05) is 12.1 Å². The van der Waals surface area contributed by atoms with Crippen LogP contribution < -0.4 is 9.47 Å². The highest BCUT2D eigenvalue weighted by Crippen LogP contribution is 2.34. The molecule has 0 atom stereocenters. The van der Waals surface area contributed by atoms with Gasteiger partial charge in [-0.15, -0.1) is 0 Å². The molecular formula is C13H16O5. The maximum Gasteiger partial charge on any atom is 0.303 e. The monoisotopic (exact) mass is 252 g/mol. The number of fused-ring (bicyclic) bond motifs is 1. The molecule has 0 radical (unpaired) electrons. The zero-order chi connectivity index (χ0) is 13.0. The molecule has 1 aromatic carbocycles. The van der Waals surface area contributed by atoms with Crippen molar-refractivity contribution in [3.8, 4) is 11.5 Å². The Hall–Kier alpha value is -1.75. The molecule has 0 unspecified atom stereocenters. The summed E-state index contributed by atoms with van der Waals surface area (Å²) >= 11 is 0. The lowest BCUT2D eigenvalue weighted by atomic mass is 10.0. The number of ether oxygens (including phenoxy) is 3. The molecule has 18 heavy (non-hydrogen) atoms. The number of carbonyl (C=O) groups is 1. The number of aryl methyl sites for hydroxylation is 1. The third-order valence-corrected chi connectivity index (χ3v) is 2.77. The molecule has 0 bridgehead atoms. The van der Waals surface area contributed by atoms with Gasteiger partial charge in [0.25, 0.3) is 0 Å². The van der Waals surface area contributed by atoms with Crippen LogP contribution in [0.25, 0.3) is 0 Å². The smallest absolute Gasteiger partial charge is 0.303 e. The minimum Gasteiger partial charge on any atom is -0.486 e. The molecule has 1 aliphatic heterocycles. The molecule has 0 saturated heterocycles. The van der Waals surface area contributed by atoms with Crippen LogP contribution in [0, 0.1) is 0 Å². The lowest BCUT2D eigenvalue weighted by molar-refractivity contribution is -0.136. The van der Waals surface area contributed by atoms with Gasteiger partial charge in [-0.2, -0.15) is 0 Å². The first-order valence-corrected chi connectivity index (χ1v) is 5.83. The zero-order valence-electron chi connectivity index (χ0n) is 10.3. The second-order valence-corrected chi connectivity index (χ2v) is 4.09. The number of benzene rings is 1. The molecule has 0 amide bonds. The van der Waals surface area contributed by atoms with Crippen LogP contribution in [0.5, 0.6) is 11.5 Å². The van der Waals surface area contributed by atoms with Crippen LogP contribution in [-0.2, 0) is 22.6 Å². The topological polar surface area (TPSA) is 65.0 Å². The number of carboxylic acid groups (broad SMARTS) is 1. The van der Waals surface area contributed by atoms with Gasteiger partial charge in [0.2, 0.25) is 0 Å². The van der Waals surface area contributed by atoms with E-state index in [0.29, 0.717) is 37.7 Å². The van der Waals surface area contributed by atoms with E-state index in [0.717, 1.165) is 11.1 Å². The predicted octanol–water partition coefficient (Wildman–Crippen LogP) is 1.62. The summed E-state index contributed by atoms with van der Waals surface area (Å²) in [7, 11) is 1.61. The molecule has 2 rings (SSSR count). The second-order valence-electron chi connectivity index (χ2n) is 4.09. The lowest BCUT2D eigenvalue weighted by Crippen LogP contribution is -2.16. The highest BCUT2D eigenvalue weighted by molar-refractivity contribution is 5.67. The van der Waals surface area contributed by atoms with Crippen molar-refractivity contribution in [1.29, 1.82) is 0 Å². The van der Waals surface area contributed by atoms with Gasteiger partial charge in [0.1, 0.15) is 13.2 Å². The van der Waals surface area contributed by atoms with Gasteiger partial charge < -0.3 is 19.3 Å². The van der Waals surface area contributed by atoms with E-state index in [4.69, 9.17) is 19.3 Å². The molecule has 1 aromatic rings. The highest BCUT2D eigenvalue weighted by Gasteiger charge is 2.16. The maximum atomic E-state index is 10.6. The van der Waals surface area contributed by atoms with Gasteiger partial charge in [0.15, 0.2) is 11.5 Å². The summed E-state index contributed by atoms with van der Waals surface area (Å²) in [5.41, 5.74) is 1.88. The van der Waals surface area contributed by atoms with Crippen molar-refractivity contribution in [2.45, 2.75) is 19.4 Å². The van der Waals surface area contributed by atoms with Crippen molar-refractivity contribution in [2.24, 2.45) is 0 Å². The zero-order valence-corrected chi connectivity index (χ0v) is 10.3. The predicted molar refractivity (Wildman–Crippen MR) is 64.1 cm³/mol. The van der Waals surface area contributed by atoms with E-state index >= 15 is 0 Å². The second kappa shape index (κ2) is 5.73. The van der Waals surface area contributed by atoms with E-state index in [1.165, 1.54) is 0 Å². The van der Waals surface area contributed by atoms with E-state index in [9.17, 15) is 4.79 Å². The molecule has 0 aliphatic carbocycles. The fourth-order valence-electron chi connectivity index (χ4n) is 1.94. The van der Waals surface area contributed by atoms with Crippen LogP contribution in [-0.4, -0.2) is 31.4 Å². The van der Waals surface area contributed by atoms with Crippen LogP contribution >= 0.6 is 0 Å². The number of rotatable bonds is 5. The summed E-state index contributed by atoms with van der Waals surface area (Å²) in [4.78, 5) is 10.6. The van der Waals surface area contributed by atoms with E-state index in [-0.39, 0.29) is 6.42 Å². The summed E-state index contributed by atoms with van der Waals surface area (Å²) < 4.78 is 16.1. The Morgan fingerprint density at radius 1 is 1.28 bits per heavy atom. The van der Waals surface area contributed by atoms with Crippen molar-refractivity contribution in [2.75, 3.05) is 20.3 Å². The highest BCUT2D eigenvalue weighted by atomic mass is 16.6. The quantitative estimate of drug-likeness (QED) is 0.862. The van der Waals surface area contributed by atoms with Crippen LogP contribution in [0.1, 0.15) is 17.5 Å². The fraction of sp³-hybridized carbons (Fsp3) is 0.462. The molecular weight excluding hydrogens is 236 g/mol. The van der Waals surface area contributed by atoms with Gasteiger partial charge in [-0.25, -0.2) is 0 Å². The lowest BCUT2D eigenvalue weighted by Gasteiger charge is -2.21. The van der Waals surface area contributed by atoms with Crippen molar-refractivity contribution in [3.05, 3.63) is 23.3 Å². The molecule has 1 N–H and O–H groups in total. The van der Waals surface area contributed by atoms with E-state index < -0.39 is 5.97 Å². The molecule has 0 saturated carbocycles. The van der Waals surface area contributed by atoms with Crippen LogP contribution in [0.15, 0.2) is 12.1 Å². The van der Waals surface area contributed by atoms with Gasteiger partial charge in [-0.05, 0) is 29.7 Å². The largest absolute Gasteiger partial charge is 0.486 e. The van der Waals surface area contributed by atoms with Crippen molar-refractivity contribution >= 4 is 5.97 Å². The molecule has 0 fully saturated rings. The van der Waals surface area contributed by atoms with Crippen LogP contribution in [0.3, 0.4) is 0 Å². The third kappa shape index (κ3) is 2.92. The normalized spacial score (nSPS) is 13.4. The molecule has 0 aromatic heterocycles. The van der Waals surface area contributed by atoms with Gasteiger partial charge in [-0.3, -0.25) is 4.79 Å². The van der Waals surface area contributed by atoms with Crippen LogP contribution in [0.4, 0.5) is 0 Å². The standard InChI is InChI=1S/C13H16O5/c1-16-8-10-7-12-11(17-4-5-18-12)6-9(10)2-3-13(14)15/h6-7H,2-5,8H2,1H3,(H,14,15). The maximum absolute atomic E-state index is 10.6. The Balaban J connectivity index is 2.26. The summed E-state index contributed by atoms with van der Waals surface area (Å²) in [6.07, 6.45) is 0.557. The molecule has 1 aliphatic rings. The summed E-state index contributed by atoms with van der Waals surface area (Å²) in [5, 5.41) is 8.75. The average molecular weight is 252 g/mol. The van der Waals surface area contributed by atoms with Gasteiger partial charge in [-0.1, -0.05) is 0 Å². The minimum absolute atomic E-state index is 0.0936. The van der Waals surface area contributed by atoms with Crippen molar-refractivity contribution in [1.82, 2.24) is 0 Å². The summed E-state index contributed by atoms with van der Waals surface area (Å²) in [6, 6.07) is 3.72. The average Bonchev–Trinajstić information content (AvgIpc) is 2.36. The first-order chi connectivity index (χ1) is 8.70. The van der Waals surface area contributed by atoms with Crippen LogP contribution in [0.2, 0.25) is 0 Å². The molecule has 1 heterocycles. The van der Waals surface area contributed by atoms with Crippen molar-refractivity contribution < 1.29 is 24.1 Å². The fourth-order valence-corrected chi connectivity index (χ4v) is 1.94. The Kier molecular flexibility index (Phi) is 4.04.